The molecule has 1 amide bonds. The maximum atomic E-state index is 12.1. The largest absolute Gasteiger partial charge is 0.464 e. The number of carbonyl (C=O) groups is 2. The first-order chi connectivity index (χ1) is 8.41. The lowest BCUT2D eigenvalue weighted by Gasteiger charge is -2.24. The Morgan fingerprint density at radius 2 is 2.22 bits per heavy atom. The van der Waals surface area contributed by atoms with Gasteiger partial charge >= 0.3 is 5.97 Å². The third kappa shape index (κ3) is 2.36. The Morgan fingerprint density at radius 1 is 1.50 bits per heavy atom. The topological polar surface area (TPSA) is 67.4 Å². The van der Waals surface area contributed by atoms with Crippen LogP contribution < -0.4 is 10.6 Å². The SMILES string of the molecule is CCOC(=O)C(C)(C)NC(=O)C1CC12CCNC2. The summed E-state index contributed by atoms with van der Waals surface area (Å²) < 4.78 is 4.96. The highest BCUT2D eigenvalue weighted by Crippen LogP contribution is 2.56. The minimum Gasteiger partial charge on any atom is -0.464 e. The average Bonchev–Trinajstić information content (AvgIpc) is 2.77. The molecule has 2 N–H and O–H groups in total. The molecule has 2 rings (SSSR count). The summed E-state index contributed by atoms with van der Waals surface area (Å²) in [4.78, 5) is 23.9. The molecule has 1 saturated carbocycles. The maximum absolute atomic E-state index is 12.1. The highest BCUT2D eigenvalue weighted by atomic mass is 16.5. The lowest BCUT2D eigenvalue weighted by molar-refractivity contribution is -0.152. The fourth-order valence-corrected chi connectivity index (χ4v) is 2.71. The molecule has 0 radical (unpaired) electrons. The third-order valence-corrected chi connectivity index (χ3v) is 4.00. The first-order valence-electron chi connectivity index (χ1n) is 6.61. The molecule has 1 saturated heterocycles. The summed E-state index contributed by atoms with van der Waals surface area (Å²) in [5.74, 6) is -0.337. The Bertz CT molecular complexity index is 359. The van der Waals surface area contributed by atoms with E-state index in [-0.39, 0.29) is 23.2 Å². The van der Waals surface area contributed by atoms with Crippen LogP contribution in [0.15, 0.2) is 0 Å². The molecule has 0 aromatic heterocycles. The quantitative estimate of drug-likeness (QED) is 0.715. The standard InChI is InChI=1S/C13H22N2O3/c1-4-18-11(17)12(2,3)15-10(16)9-7-13(9)5-6-14-8-13/h9,14H,4-8H2,1-3H3,(H,15,16). The van der Waals surface area contributed by atoms with E-state index in [0.717, 1.165) is 25.9 Å². The van der Waals surface area contributed by atoms with Crippen molar-refractivity contribution < 1.29 is 14.3 Å². The number of amides is 1. The fourth-order valence-electron chi connectivity index (χ4n) is 2.71. The molecular formula is C13H22N2O3. The van der Waals surface area contributed by atoms with Crippen LogP contribution in [0.25, 0.3) is 0 Å². The molecule has 102 valence electrons. The van der Waals surface area contributed by atoms with E-state index < -0.39 is 5.54 Å². The van der Waals surface area contributed by atoms with Crippen molar-refractivity contribution in [1.29, 1.82) is 0 Å². The molecule has 18 heavy (non-hydrogen) atoms. The highest BCUT2D eigenvalue weighted by Gasteiger charge is 2.59. The van der Waals surface area contributed by atoms with Gasteiger partial charge in [-0.1, -0.05) is 0 Å². The zero-order valence-electron chi connectivity index (χ0n) is 11.3. The van der Waals surface area contributed by atoms with Gasteiger partial charge in [-0.25, -0.2) is 4.79 Å². The fraction of sp³-hybridized carbons (Fsp3) is 0.846. The van der Waals surface area contributed by atoms with Crippen LogP contribution in [-0.4, -0.2) is 37.1 Å². The summed E-state index contributed by atoms with van der Waals surface area (Å²) in [5.41, 5.74) is -0.780. The zero-order valence-corrected chi connectivity index (χ0v) is 11.3. The van der Waals surface area contributed by atoms with Crippen LogP contribution in [0.4, 0.5) is 0 Å². The number of hydrogen-bond donors (Lipinski definition) is 2. The summed E-state index contributed by atoms with van der Waals surface area (Å²) in [6, 6.07) is 0. The van der Waals surface area contributed by atoms with Crippen LogP contribution in [-0.2, 0) is 14.3 Å². The average molecular weight is 254 g/mol. The first kappa shape index (κ1) is 13.3. The van der Waals surface area contributed by atoms with Gasteiger partial charge in [0.25, 0.3) is 0 Å². The van der Waals surface area contributed by atoms with Gasteiger partial charge in [0, 0.05) is 12.5 Å². The predicted molar refractivity (Wildman–Crippen MR) is 66.9 cm³/mol. The highest BCUT2D eigenvalue weighted by molar-refractivity contribution is 5.90. The molecule has 5 heteroatoms. The Morgan fingerprint density at radius 3 is 2.78 bits per heavy atom. The van der Waals surface area contributed by atoms with Crippen LogP contribution in [0, 0.1) is 11.3 Å². The van der Waals surface area contributed by atoms with Crippen LogP contribution in [0.5, 0.6) is 0 Å². The van der Waals surface area contributed by atoms with E-state index in [9.17, 15) is 9.59 Å². The van der Waals surface area contributed by atoms with Gasteiger partial charge in [0.1, 0.15) is 5.54 Å². The molecule has 1 spiro atoms. The number of nitrogens with one attached hydrogen (secondary N) is 2. The van der Waals surface area contributed by atoms with Gasteiger partial charge in [0.2, 0.25) is 5.91 Å². The van der Waals surface area contributed by atoms with Crippen molar-refractivity contribution in [2.75, 3.05) is 19.7 Å². The summed E-state index contributed by atoms with van der Waals surface area (Å²) in [7, 11) is 0. The van der Waals surface area contributed by atoms with E-state index in [1.54, 1.807) is 20.8 Å². The molecule has 1 heterocycles. The third-order valence-electron chi connectivity index (χ3n) is 4.00. The number of ether oxygens (including phenoxy) is 1. The van der Waals surface area contributed by atoms with E-state index in [1.165, 1.54) is 0 Å². The molecule has 2 unspecified atom stereocenters. The normalized spacial score (nSPS) is 30.3. The van der Waals surface area contributed by atoms with Gasteiger partial charge in [0.05, 0.1) is 6.61 Å². The maximum Gasteiger partial charge on any atom is 0.331 e. The Kier molecular flexibility index (Phi) is 3.36. The Balaban J connectivity index is 1.90. The Hall–Kier alpha value is -1.10. The number of rotatable bonds is 4. The van der Waals surface area contributed by atoms with Crippen molar-refractivity contribution in [1.82, 2.24) is 10.6 Å². The second-order valence-corrected chi connectivity index (χ2v) is 5.88. The lowest BCUT2D eigenvalue weighted by atomic mass is 10.0. The van der Waals surface area contributed by atoms with Crippen molar-refractivity contribution >= 4 is 11.9 Å². The zero-order chi connectivity index (χ0) is 13.4. The molecule has 1 aliphatic carbocycles. The summed E-state index contributed by atoms with van der Waals surface area (Å²) in [5, 5.41) is 6.11. The van der Waals surface area contributed by atoms with Crippen molar-refractivity contribution in [2.24, 2.45) is 11.3 Å². The monoisotopic (exact) mass is 254 g/mol. The van der Waals surface area contributed by atoms with Crippen molar-refractivity contribution in [3.05, 3.63) is 0 Å². The number of esters is 1. The second-order valence-electron chi connectivity index (χ2n) is 5.88. The molecule has 5 nitrogen and oxygen atoms in total. The van der Waals surface area contributed by atoms with Gasteiger partial charge in [0.15, 0.2) is 0 Å². The van der Waals surface area contributed by atoms with E-state index in [1.807, 2.05) is 0 Å². The Labute approximate surface area is 108 Å². The molecule has 2 atom stereocenters. The molecule has 1 aliphatic heterocycles. The molecule has 0 aromatic rings. The predicted octanol–water partition coefficient (Wildman–Crippen LogP) is 0.444. The minimum atomic E-state index is -0.942. The van der Waals surface area contributed by atoms with E-state index >= 15 is 0 Å². The van der Waals surface area contributed by atoms with Gasteiger partial charge in [-0.3, -0.25) is 4.79 Å². The number of carbonyl (C=O) groups excluding carboxylic acids is 2. The van der Waals surface area contributed by atoms with Crippen molar-refractivity contribution in [3.63, 3.8) is 0 Å². The van der Waals surface area contributed by atoms with E-state index in [4.69, 9.17) is 4.74 Å². The van der Waals surface area contributed by atoms with Crippen molar-refractivity contribution in [3.8, 4) is 0 Å². The van der Waals surface area contributed by atoms with Gasteiger partial charge in [-0.15, -0.1) is 0 Å². The van der Waals surface area contributed by atoms with Gasteiger partial charge in [-0.2, -0.15) is 0 Å². The molecule has 0 bridgehead atoms. The molecule has 2 aliphatic rings. The molecule has 0 aromatic carbocycles. The summed E-state index contributed by atoms with van der Waals surface area (Å²) >= 11 is 0. The molecule has 2 fully saturated rings. The van der Waals surface area contributed by atoms with Crippen LogP contribution in [0.1, 0.15) is 33.6 Å². The van der Waals surface area contributed by atoms with Crippen molar-refractivity contribution in [2.45, 2.75) is 39.2 Å². The molecular weight excluding hydrogens is 232 g/mol. The second kappa shape index (κ2) is 4.53. The minimum absolute atomic E-state index is 0.0169. The van der Waals surface area contributed by atoms with Crippen LogP contribution >= 0.6 is 0 Å². The summed E-state index contributed by atoms with van der Waals surface area (Å²) in [6.45, 7) is 7.37. The smallest absolute Gasteiger partial charge is 0.331 e. The van der Waals surface area contributed by atoms with Gasteiger partial charge < -0.3 is 15.4 Å². The number of hydrogen-bond acceptors (Lipinski definition) is 4. The van der Waals surface area contributed by atoms with Crippen LogP contribution in [0.3, 0.4) is 0 Å². The van der Waals surface area contributed by atoms with E-state index in [2.05, 4.69) is 10.6 Å². The lowest BCUT2D eigenvalue weighted by Crippen LogP contribution is -2.51. The van der Waals surface area contributed by atoms with Crippen LogP contribution in [0.2, 0.25) is 0 Å². The first-order valence-corrected chi connectivity index (χ1v) is 6.61. The summed E-state index contributed by atoms with van der Waals surface area (Å²) in [6.07, 6.45) is 2.00. The van der Waals surface area contributed by atoms with Gasteiger partial charge in [-0.05, 0) is 45.6 Å². The van der Waals surface area contributed by atoms with E-state index in [0.29, 0.717) is 6.61 Å².